The van der Waals surface area contributed by atoms with E-state index in [0.717, 1.165) is 4.52 Å². The normalized spacial score (nSPS) is 12.2. The predicted octanol–water partition coefficient (Wildman–Crippen LogP) is 2.18. The van der Waals surface area contributed by atoms with Gasteiger partial charge >= 0.3 is 12.4 Å². The highest BCUT2D eigenvalue weighted by Crippen LogP contribution is 2.22. The highest BCUT2D eigenvalue weighted by molar-refractivity contribution is 5.90. The molecule has 0 radical (unpaired) electrons. The molecule has 0 spiro atoms. The Morgan fingerprint density at radius 2 is 1.94 bits per heavy atom. The van der Waals surface area contributed by atoms with Gasteiger partial charge < -0.3 is 4.74 Å². The monoisotopic (exact) mass is 254 g/mol. The molecular weight excluding hydrogens is 249 g/mol. The number of hydrogen-bond acceptors (Lipinski definition) is 4. The quantitative estimate of drug-likeness (QED) is 0.667. The van der Waals surface area contributed by atoms with Crippen LogP contribution < -0.4 is 4.74 Å². The maximum Gasteiger partial charge on any atom is 0.575 e. The minimum absolute atomic E-state index is 0.264. The molecule has 0 aliphatic heterocycles. The summed E-state index contributed by atoms with van der Waals surface area (Å²) in [5.41, 5.74) is 0.885. The molecule has 2 heterocycles. The largest absolute Gasteiger partial charge is 0.575 e. The fraction of sp³-hybridized carbons (Fsp3) is 0.100. The van der Waals surface area contributed by atoms with Crippen molar-refractivity contribution in [1.29, 1.82) is 0 Å². The molecule has 0 aliphatic rings. The van der Waals surface area contributed by atoms with E-state index in [1.54, 1.807) is 24.3 Å². The summed E-state index contributed by atoms with van der Waals surface area (Å²) in [7, 11) is 0. The van der Waals surface area contributed by atoms with Crippen LogP contribution in [0.4, 0.5) is 13.2 Å². The van der Waals surface area contributed by atoms with E-state index < -0.39 is 12.4 Å². The van der Waals surface area contributed by atoms with Crippen LogP contribution in [0.5, 0.6) is 6.01 Å². The summed E-state index contributed by atoms with van der Waals surface area (Å²) in [6.45, 7) is 0. The molecule has 3 rings (SSSR count). The minimum Gasteiger partial charge on any atom is -0.369 e. The van der Waals surface area contributed by atoms with Crippen LogP contribution in [0.1, 0.15) is 0 Å². The number of hydrogen-bond donors (Lipinski definition) is 0. The fourth-order valence-corrected chi connectivity index (χ4v) is 1.61. The second-order valence-electron chi connectivity index (χ2n) is 3.47. The lowest BCUT2D eigenvalue weighted by atomic mass is 10.2. The van der Waals surface area contributed by atoms with E-state index in [2.05, 4.69) is 19.8 Å². The van der Waals surface area contributed by atoms with Crippen LogP contribution in [-0.2, 0) is 0 Å². The maximum absolute atomic E-state index is 12.1. The smallest absolute Gasteiger partial charge is 0.369 e. The molecule has 2 aromatic heterocycles. The molecule has 92 valence electrons. The Labute approximate surface area is 97.8 Å². The van der Waals surface area contributed by atoms with Crippen LogP contribution in [0.2, 0.25) is 0 Å². The van der Waals surface area contributed by atoms with Gasteiger partial charge in [-0.25, -0.2) is 4.98 Å². The summed E-state index contributed by atoms with van der Waals surface area (Å²) < 4.78 is 41.0. The zero-order valence-corrected chi connectivity index (χ0v) is 8.72. The van der Waals surface area contributed by atoms with E-state index in [1.165, 1.54) is 6.33 Å². The summed E-state index contributed by atoms with van der Waals surface area (Å²) in [5.74, 6) is 0. The van der Waals surface area contributed by atoms with Crippen LogP contribution in [-0.4, -0.2) is 25.9 Å². The molecule has 0 unspecified atom stereocenters. The lowest BCUT2D eigenvalue weighted by Crippen LogP contribution is -2.18. The number of para-hydroxylation sites is 1. The van der Waals surface area contributed by atoms with Crippen molar-refractivity contribution in [3.63, 3.8) is 0 Å². The molecule has 0 fully saturated rings. The van der Waals surface area contributed by atoms with Crippen LogP contribution >= 0.6 is 0 Å². The van der Waals surface area contributed by atoms with Gasteiger partial charge in [-0.15, -0.1) is 18.3 Å². The Bertz CT molecular complexity index is 722. The first-order valence-electron chi connectivity index (χ1n) is 4.89. The third-order valence-corrected chi connectivity index (χ3v) is 2.27. The molecule has 0 amide bonds. The van der Waals surface area contributed by atoms with Crippen LogP contribution in [0.3, 0.4) is 0 Å². The van der Waals surface area contributed by atoms with Gasteiger partial charge in [0.05, 0.1) is 5.52 Å². The standard InChI is InChI=1S/C10H5F3N4O/c11-10(12,13)18-9-15-8-6-3-1-2-4-7(6)14-5-17(8)16-9/h1-5H. The van der Waals surface area contributed by atoms with Crippen LogP contribution in [0, 0.1) is 0 Å². The van der Waals surface area contributed by atoms with E-state index in [1.807, 2.05) is 0 Å². The summed E-state index contributed by atoms with van der Waals surface area (Å²) in [5, 5.41) is 4.15. The van der Waals surface area contributed by atoms with Gasteiger partial charge in [-0.3, -0.25) is 0 Å². The van der Waals surface area contributed by atoms with Gasteiger partial charge in [-0.2, -0.15) is 9.50 Å². The van der Waals surface area contributed by atoms with Gasteiger partial charge in [-0.1, -0.05) is 12.1 Å². The molecule has 3 aromatic rings. The summed E-state index contributed by atoms with van der Waals surface area (Å²) in [6.07, 6.45) is -3.53. The molecule has 0 N–H and O–H groups in total. The molecule has 8 heteroatoms. The van der Waals surface area contributed by atoms with Gasteiger partial charge in [-0.05, 0) is 12.1 Å². The number of benzene rings is 1. The summed E-state index contributed by atoms with van der Waals surface area (Å²) in [6, 6.07) is 6.19. The second-order valence-corrected chi connectivity index (χ2v) is 3.47. The number of ether oxygens (including phenoxy) is 1. The van der Waals surface area contributed by atoms with E-state index in [0.29, 0.717) is 10.9 Å². The molecule has 0 aliphatic carbocycles. The van der Waals surface area contributed by atoms with Crippen molar-refractivity contribution >= 4 is 16.6 Å². The number of fused-ring (bicyclic) bond motifs is 3. The fourth-order valence-electron chi connectivity index (χ4n) is 1.61. The average molecular weight is 254 g/mol. The Morgan fingerprint density at radius 3 is 2.72 bits per heavy atom. The Kier molecular flexibility index (Phi) is 2.12. The highest BCUT2D eigenvalue weighted by Gasteiger charge is 2.33. The van der Waals surface area contributed by atoms with Gasteiger partial charge in [0.2, 0.25) is 0 Å². The Hall–Kier alpha value is -2.38. The van der Waals surface area contributed by atoms with Crippen molar-refractivity contribution in [2.75, 3.05) is 0 Å². The number of nitrogens with zero attached hydrogens (tertiary/aromatic N) is 4. The third kappa shape index (κ3) is 1.81. The van der Waals surface area contributed by atoms with Crippen LogP contribution in [0.15, 0.2) is 30.6 Å². The molecular formula is C10H5F3N4O. The van der Waals surface area contributed by atoms with E-state index in [9.17, 15) is 13.2 Å². The van der Waals surface area contributed by atoms with Gasteiger partial charge in [0.15, 0.2) is 5.65 Å². The molecule has 0 saturated heterocycles. The molecule has 1 aromatic carbocycles. The van der Waals surface area contributed by atoms with Crippen molar-refractivity contribution in [3.05, 3.63) is 30.6 Å². The summed E-state index contributed by atoms with van der Waals surface area (Å²) in [4.78, 5) is 7.74. The first kappa shape index (κ1) is 10.8. The van der Waals surface area contributed by atoms with Gasteiger partial charge in [0.25, 0.3) is 0 Å². The molecule has 0 saturated carbocycles. The summed E-state index contributed by atoms with van der Waals surface area (Å²) >= 11 is 0. The van der Waals surface area contributed by atoms with Crippen LogP contribution in [0.25, 0.3) is 16.6 Å². The van der Waals surface area contributed by atoms with E-state index in [-0.39, 0.29) is 5.65 Å². The number of halogens is 3. The average Bonchev–Trinajstić information content (AvgIpc) is 2.69. The zero-order valence-electron chi connectivity index (χ0n) is 8.72. The molecule has 5 nitrogen and oxygen atoms in total. The topological polar surface area (TPSA) is 52.3 Å². The third-order valence-electron chi connectivity index (χ3n) is 2.27. The minimum atomic E-state index is -4.81. The zero-order chi connectivity index (χ0) is 12.8. The van der Waals surface area contributed by atoms with Crippen molar-refractivity contribution in [3.8, 4) is 6.01 Å². The van der Waals surface area contributed by atoms with Crippen molar-refractivity contribution in [1.82, 2.24) is 19.6 Å². The molecule has 0 bridgehead atoms. The van der Waals surface area contributed by atoms with Gasteiger partial charge in [0, 0.05) is 5.39 Å². The molecule has 0 atom stereocenters. The van der Waals surface area contributed by atoms with E-state index >= 15 is 0 Å². The first-order chi connectivity index (χ1) is 8.53. The maximum atomic E-state index is 12.1. The van der Waals surface area contributed by atoms with Crippen molar-refractivity contribution in [2.24, 2.45) is 0 Å². The number of aromatic nitrogens is 4. The lowest BCUT2D eigenvalue weighted by molar-refractivity contribution is -0.277. The lowest BCUT2D eigenvalue weighted by Gasteiger charge is -2.02. The SMILES string of the molecule is FC(F)(F)Oc1nc2c3ccccc3ncn2n1. The Morgan fingerprint density at radius 1 is 1.17 bits per heavy atom. The second kappa shape index (κ2) is 3.56. The number of rotatable bonds is 1. The Balaban J connectivity index is 2.20. The number of alkyl halides is 3. The molecule has 18 heavy (non-hydrogen) atoms. The first-order valence-corrected chi connectivity index (χ1v) is 4.89. The van der Waals surface area contributed by atoms with E-state index in [4.69, 9.17) is 0 Å². The predicted molar refractivity (Wildman–Crippen MR) is 55.0 cm³/mol. The highest BCUT2D eigenvalue weighted by atomic mass is 19.4. The van der Waals surface area contributed by atoms with Crippen molar-refractivity contribution in [2.45, 2.75) is 6.36 Å². The van der Waals surface area contributed by atoms with Crippen molar-refractivity contribution < 1.29 is 17.9 Å². The van der Waals surface area contributed by atoms with Gasteiger partial charge in [0.1, 0.15) is 6.33 Å².